The van der Waals surface area contributed by atoms with E-state index in [9.17, 15) is 4.79 Å². The fourth-order valence-corrected chi connectivity index (χ4v) is 1.56. The molecular weight excluding hydrogens is 166 g/mol. The zero-order valence-corrected chi connectivity index (χ0v) is 8.47. The number of hydrogen-bond donors (Lipinski definition) is 2. The molecule has 0 unspecified atom stereocenters. The summed E-state index contributed by atoms with van der Waals surface area (Å²) in [7, 11) is 0. The highest BCUT2D eigenvalue weighted by Crippen LogP contribution is 2.00. The van der Waals surface area contributed by atoms with Gasteiger partial charge in [-0.05, 0) is 13.8 Å². The molecule has 2 N–H and O–H groups in total. The highest BCUT2D eigenvalue weighted by molar-refractivity contribution is 5.81. The average Bonchev–Trinajstić information content (AvgIpc) is 2.18. The van der Waals surface area contributed by atoms with Gasteiger partial charge in [-0.2, -0.15) is 0 Å². The molecule has 1 saturated heterocycles. The van der Waals surface area contributed by atoms with Crippen molar-refractivity contribution in [2.45, 2.75) is 19.9 Å². The van der Waals surface area contributed by atoms with Crippen molar-refractivity contribution in [3.05, 3.63) is 0 Å². The Labute approximate surface area is 79.7 Å². The van der Waals surface area contributed by atoms with Crippen molar-refractivity contribution in [2.24, 2.45) is 0 Å². The molecule has 1 amide bonds. The first kappa shape index (κ1) is 10.5. The molecule has 0 radical (unpaired) electrons. The number of carbonyl (C=O) groups is 1. The lowest BCUT2D eigenvalue weighted by Gasteiger charge is -2.31. The molecule has 4 nitrogen and oxygen atoms in total. The summed E-state index contributed by atoms with van der Waals surface area (Å²) in [6.45, 7) is 8.55. The second kappa shape index (κ2) is 5.19. The van der Waals surface area contributed by atoms with Gasteiger partial charge in [-0.25, -0.2) is 0 Å². The third-order valence-corrected chi connectivity index (χ3v) is 2.43. The molecule has 0 spiro atoms. The van der Waals surface area contributed by atoms with Crippen LogP contribution in [0.2, 0.25) is 0 Å². The molecule has 1 fully saturated rings. The third kappa shape index (κ3) is 2.97. The van der Waals surface area contributed by atoms with Crippen molar-refractivity contribution in [1.82, 2.24) is 15.5 Å². The molecule has 0 aliphatic carbocycles. The van der Waals surface area contributed by atoms with Gasteiger partial charge >= 0.3 is 0 Å². The molecule has 1 aliphatic heterocycles. The zero-order valence-electron chi connectivity index (χ0n) is 8.47. The van der Waals surface area contributed by atoms with E-state index in [2.05, 4.69) is 15.5 Å². The van der Waals surface area contributed by atoms with E-state index in [1.165, 1.54) is 0 Å². The first-order chi connectivity index (χ1) is 6.25. The molecule has 0 aromatic heterocycles. The van der Waals surface area contributed by atoms with Crippen molar-refractivity contribution in [2.75, 3.05) is 32.7 Å². The molecule has 1 aliphatic rings. The van der Waals surface area contributed by atoms with Crippen LogP contribution in [0.1, 0.15) is 13.8 Å². The monoisotopic (exact) mass is 185 g/mol. The van der Waals surface area contributed by atoms with Crippen LogP contribution in [0.3, 0.4) is 0 Å². The number of rotatable bonds is 3. The summed E-state index contributed by atoms with van der Waals surface area (Å²) in [6, 6.07) is 0.0158. The summed E-state index contributed by atoms with van der Waals surface area (Å²) >= 11 is 0. The number of amides is 1. The number of nitrogens with zero attached hydrogens (tertiary/aromatic N) is 1. The summed E-state index contributed by atoms with van der Waals surface area (Å²) < 4.78 is 0. The number of hydrogen-bond acceptors (Lipinski definition) is 3. The lowest BCUT2D eigenvalue weighted by molar-refractivity contribution is -0.126. The normalized spacial score (nSPS) is 21.1. The van der Waals surface area contributed by atoms with Gasteiger partial charge in [-0.15, -0.1) is 0 Å². The molecule has 0 bridgehead atoms. The van der Waals surface area contributed by atoms with E-state index >= 15 is 0 Å². The van der Waals surface area contributed by atoms with Crippen LogP contribution in [-0.2, 0) is 4.79 Å². The predicted octanol–water partition coefficient (Wildman–Crippen LogP) is -0.584. The van der Waals surface area contributed by atoms with Crippen LogP contribution in [-0.4, -0.2) is 49.6 Å². The minimum atomic E-state index is 0.0158. The van der Waals surface area contributed by atoms with Crippen molar-refractivity contribution < 1.29 is 4.79 Å². The van der Waals surface area contributed by atoms with Gasteiger partial charge in [0.05, 0.1) is 6.04 Å². The Kier molecular flexibility index (Phi) is 4.18. The summed E-state index contributed by atoms with van der Waals surface area (Å²) in [6.07, 6.45) is 0. The lowest BCUT2D eigenvalue weighted by Crippen LogP contribution is -2.52. The second-order valence-electron chi connectivity index (χ2n) is 3.36. The van der Waals surface area contributed by atoms with Gasteiger partial charge in [-0.3, -0.25) is 9.69 Å². The van der Waals surface area contributed by atoms with Gasteiger partial charge in [0, 0.05) is 32.7 Å². The van der Waals surface area contributed by atoms with Gasteiger partial charge in [0.2, 0.25) is 5.91 Å². The molecule has 13 heavy (non-hydrogen) atoms. The van der Waals surface area contributed by atoms with E-state index in [0.29, 0.717) is 0 Å². The quantitative estimate of drug-likeness (QED) is 0.618. The number of carbonyl (C=O) groups excluding carboxylic acids is 1. The topological polar surface area (TPSA) is 44.4 Å². The van der Waals surface area contributed by atoms with Gasteiger partial charge in [0.15, 0.2) is 0 Å². The number of likely N-dealkylation sites (N-methyl/N-ethyl adjacent to an activating group) is 1. The fourth-order valence-electron chi connectivity index (χ4n) is 1.56. The summed E-state index contributed by atoms with van der Waals surface area (Å²) in [4.78, 5) is 13.7. The molecule has 1 rings (SSSR count). The Morgan fingerprint density at radius 3 is 2.69 bits per heavy atom. The smallest absolute Gasteiger partial charge is 0.237 e. The van der Waals surface area contributed by atoms with Crippen LogP contribution in [0.5, 0.6) is 0 Å². The Balaban J connectivity index is 2.35. The summed E-state index contributed by atoms with van der Waals surface area (Å²) in [5.74, 6) is 0.143. The van der Waals surface area contributed by atoms with Gasteiger partial charge in [-0.1, -0.05) is 0 Å². The first-order valence-electron chi connectivity index (χ1n) is 4.98. The van der Waals surface area contributed by atoms with Crippen LogP contribution in [0, 0.1) is 0 Å². The van der Waals surface area contributed by atoms with Gasteiger partial charge in [0.25, 0.3) is 0 Å². The van der Waals surface area contributed by atoms with Gasteiger partial charge in [0.1, 0.15) is 0 Å². The van der Waals surface area contributed by atoms with Crippen LogP contribution in [0.15, 0.2) is 0 Å². The predicted molar refractivity (Wildman–Crippen MR) is 52.6 cm³/mol. The highest BCUT2D eigenvalue weighted by atomic mass is 16.2. The second-order valence-corrected chi connectivity index (χ2v) is 3.36. The maximum absolute atomic E-state index is 11.5. The van der Waals surface area contributed by atoms with E-state index in [1.54, 1.807) is 0 Å². The van der Waals surface area contributed by atoms with E-state index in [0.717, 1.165) is 32.7 Å². The number of nitrogens with one attached hydrogen (secondary N) is 2. The Bertz CT molecular complexity index is 166. The van der Waals surface area contributed by atoms with Crippen molar-refractivity contribution in [1.29, 1.82) is 0 Å². The number of piperazine rings is 1. The molecule has 0 saturated carbocycles. The van der Waals surface area contributed by atoms with E-state index in [-0.39, 0.29) is 11.9 Å². The zero-order chi connectivity index (χ0) is 9.68. The molecule has 76 valence electrons. The van der Waals surface area contributed by atoms with Crippen molar-refractivity contribution >= 4 is 5.91 Å². The molecular formula is C9H19N3O. The van der Waals surface area contributed by atoms with E-state index < -0.39 is 0 Å². The molecule has 0 aromatic carbocycles. The summed E-state index contributed by atoms with van der Waals surface area (Å²) in [5.41, 5.74) is 0. The molecule has 1 heterocycles. The highest BCUT2D eigenvalue weighted by Gasteiger charge is 2.21. The molecule has 0 aromatic rings. The SMILES string of the molecule is CCNC(=O)[C@H](C)N1CCNCC1. The van der Waals surface area contributed by atoms with Crippen molar-refractivity contribution in [3.8, 4) is 0 Å². The third-order valence-electron chi connectivity index (χ3n) is 2.43. The van der Waals surface area contributed by atoms with Crippen molar-refractivity contribution in [3.63, 3.8) is 0 Å². The molecule has 1 atom stereocenters. The van der Waals surface area contributed by atoms with E-state index in [4.69, 9.17) is 0 Å². The fraction of sp³-hybridized carbons (Fsp3) is 0.889. The summed E-state index contributed by atoms with van der Waals surface area (Å²) in [5, 5.41) is 6.11. The van der Waals surface area contributed by atoms with Gasteiger partial charge < -0.3 is 10.6 Å². The van der Waals surface area contributed by atoms with Crippen LogP contribution >= 0.6 is 0 Å². The Hall–Kier alpha value is -0.610. The largest absolute Gasteiger partial charge is 0.355 e. The minimum Gasteiger partial charge on any atom is -0.355 e. The van der Waals surface area contributed by atoms with Crippen LogP contribution < -0.4 is 10.6 Å². The van der Waals surface area contributed by atoms with Crippen LogP contribution in [0.25, 0.3) is 0 Å². The Morgan fingerprint density at radius 1 is 1.54 bits per heavy atom. The Morgan fingerprint density at radius 2 is 2.15 bits per heavy atom. The first-order valence-corrected chi connectivity index (χ1v) is 4.98. The van der Waals surface area contributed by atoms with Crippen LogP contribution in [0.4, 0.5) is 0 Å². The van der Waals surface area contributed by atoms with E-state index in [1.807, 2.05) is 13.8 Å². The average molecular weight is 185 g/mol. The maximum Gasteiger partial charge on any atom is 0.237 e. The maximum atomic E-state index is 11.5. The minimum absolute atomic E-state index is 0.0158. The molecule has 4 heteroatoms. The standard InChI is InChI=1S/C9H19N3O/c1-3-11-9(13)8(2)12-6-4-10-5-7-12/h8,10H,3-7H2,1-2H3,(H,11,13)/t8-/m0/s1. The lowest BCUT2D eigenvalue weighted by atomic mass is 10.2.